The number of aliphatic hydroxyl groups excluding tert-OH is 1. The molecule has 1 aromatic rings. The summed E-state index contributed by atoms with van der Waals surface area (Å²) < 4.78 is 0. The SMILES string of the molecule is C=C(C)[C@@H](C)[C@H](O)/C=C/c1ccccc1. The second kappa shape index (κ2) is 5.52. The van der Waals surface area contributed by atoms with Crippen molar-refractivity contribution in [3.05, 3.63) is 54.1 Å². The number of rotatable bonds is 4. The summed E-state index contributed by atoms with van der Waals surface area (Å²) >= 11 is 0. The van der Waals surface area contributed by atoms with E-state index < -0.39 is 6.10 Å². The Kier molecular flexibility index (Phi) is 4.32. The van der Waals surface area contributed by atoms with Crippen LogP contribution in [-0.2, 0) is 0 Å². The van der Waals surface area contributed by atoms with E-state index in [0.29, 0.717) is 0 Å². The van der Waals surface area contributed by atoms with Crippen LogP contribution in [0.2, 0.25) is 0 Å². The van der Waals surface area contributed by atoms with Crippen LogP contribution in [0.25, 0.3) is 6.08 Å². The van der Waals surface area contributed by atoms with Gasteiger partial charge in [0.15, 0.2) is 0 Å². The normalized spacial score (nSPS) is 15.1. The van der Waals surface area contributed by atoms with Gasteiger partial charge in [-0.15, -0.1) is 0 Å². The van der Waals surface area contributed by atoms with Crippen LogP contribution >= 0.6 is 0 Å². The zero-order valence-corrected chi connectivity index (χ0v) is 9.35. The average Bonchev–Trinajstić information content (AvgIpc) is 2.26. The van der Waals surface area contributed by atoms with Crippen LogP contribution in [0.1, 0.15) is 19.4 Å². The van der Waals surface area contributed by atoms with Gasteiger partial charge in [0.25, 0.3) is 0 Å². The summed E-state index contributed by atoms with van der Waals surface area (Å²) in [4.78, 5) is 0. The highest BCUT2D eigenvalue weighted by Crippen LogP contribution is 2.14. The summed E-state index contributed by atoms with van der Waals surface area (Å²) in [5, 5.41) is 9.80. The van der Waals surface area contributed by atoms with Crippen LogP contribution in [-0.4, -0.2) is 11.2 Å². The van der Waals surface area contributed by atoms with Crippen molar-refractivity contribution in [2.45, 2.75) is 20.0 Å². The van der Waals surface area contributed by atoms with E-state index in [-0.39, 0.29) is 5.92 Å². The van der Waals surface area contributed by atoms with E-state index in [4.69, 9.17) is 0 Å². The molecular weight excluding hydrogens is 184 g/mol. The molecule has 0 aliphatic heterocycles. The molecule has 0 unspecified atom stereocenters. The average molecular weight is 202 g/mol. The Morgan fingerprint density at radius 1 is 1.33 bits per heavy atom. The Balaban J connectivity index is 2.62. The highest BCUT2D eigenvalue weighted by molar-refractivity contribution is 5.49. The van der Waals surface area contributed by atoms with Gasteiger partial charge in [0.05, 0.1) is 6.10 Å². The monoisotopic (exact) mass is 202 g/mol. The zero-order chi connectivity index (χ0) is 11.3. The molecule has 0 amide bonds. The molecule has 1 heteroatoms. The van der Waals surface area contributed by atoms with E-state index in [2.05, 4.69) is 6.58 Å². The standard InChI is InChI=1S/C14H18O/c1-11(2)12(3)14(15)10-9-13-7-5-4-6-8-13/h4-10,12,14-15H,1H2,2-3H3/b10-9+/t12-,14-/m1/s1. The lowest BCUT2D eigenvalue weighted by molar-refractivity contribution is 0.181. The van der Waals surface area contributed by atoms with Gasteiger partial charge >= 0.3 is 0 Å². The molecule has 0 heterocycles. The fourth-order valence-electron chi connectivity index (χ4n) is 1.23. The van der Waals surface area contributed by atoms with Crippen molar-refractivity contribution in [2.24, 2.45) is 5.92 Å². The highest BCUT2D eigenvalue weighted by Gasteiger charge is 2.10. The van der Waals surface area contributed by atoms with Gasteiger partial charge in [-0.25, -0.2) is 0 Å². The quantitative estimate of drug-likeness (QED) is 0.743. The first kappa shape index (κ1) is 11.7. The molecule has 15 heavy (non-hydrogen) atoms. The van der Waals surface area contributed by atoms with Gasteiger partial charge in [-0.05, 0) is 12.5 Å². The summed E-state index contributed by atoms with van der Waals surface area (Å²) in [6.07, 6.45) is 3.29. The molecule has 0 aliphatic rings. The topological polar surface area (TPSA) is 20.2 Å². The van der Waals surface area contributed by atoms with Crippen molar-refractivity contribution in [1.29, 1.82) is 0 Å². The molecule has 1 nitrogen and oxygen atoms in total. The molecule has 80 valence electrons. The number of hydrogen-bond donors (Lipinski definition) is 1. The second-order valence-corrected chi connectivity index (χ2v) is 3.90. The molecule has 1 N–H and O–H groups in total. The third-order valence-electron chi connectivity index (χ3n) is 2.58. The zero-order valence-electron chi connectivity index (χ0n) is 9.35. The van der Waals surface area contributed by atoms with Crippen LogP contribution < -0.4 is 0 Å². The lowest BCUT2D eigenvalue weighted by Gasteiger charge is -2.14. The van der Waals surface area contributed by atoms with Gasteiger partial charge in [-0.1, -0.05) is 61.6 Å². The van der Waals surface area contributed by atoms with Crippen molar-refractivity contribution in [3.8, 4) is 0 Å². The Bertz CT molecular complexity index is 338. The first-order valence-electron chi connectivity index (χ1n) is 5.18. The van der Waals surface area contributed by atoms with Crippen molar-refractivity contribution in [3.63, 3.8) is 0 Å². The maximum absolute atomic E-state index is 9.80. The van der Waals surface area contributed by atoms with E-state index >= 15 is 0 Å². The van der Waals surface area contributed by atoms with Crippen molar-refractivity contribution in [1.82, 2.24) is 0 Å². The maximum atomic E-state index is 9.80. The van der Waals surface area contributed by atoms with E-state index in [1.54, 1.807) is 0 Å². The maximum Gasteiger partial charge on any atom is 0.0786 e. The summed E-state index contributed by atoms with van der Waals surface area (Å²) in [5.74, 6) is 0.102. The Morgan fingerprint density at radius 3 is 2.47 bits per heavy atom. The van der Waals surface area contributed by atoms with Crippen LogP contribution in [0, 0.1) is 5.92 Å². The molecule has 0 fully saturated rings. The molecular formula is C14H18O. The Morgan fingerprint density at radius 2 is 1.93 bits per heavy atom. The minimum atomic E-state index is -0.456. The third kappa shape index (κ3) is 3.72. The van der Waals surface area contributed by atoms with E-state index in [9.17, 15) is 5.11 Å². The Labute approximate surface area is 91.8 Å². The van der Waals surface area contributed by atoms with Gasteiger partial charge in [-0.2, -0.15) is 0 Å². The van der Waals surface area contributed by atoms with Gasteiger partial charge in [0.1, 0.15) is 0 Å². The molecule has 0 spiro atoms. The molecule has 0 saturated carbocycles. The fourth-order valence-corrected chi connectivity index (χ4v) is 1.23. The predicted octanol–water partition coefficient (Wildman–Crippen LogP) is 3.27. The van der Waals surface area contributed by atoms with Crippen molar-refractivity contribution < 1.29 is 5.11 Å². The summed E-state index contributed by atoms with van der Waals surface area (Å²) in [5.41, 5.74) is 2.10. The van der Waals surface area contributed by atoms with Crippen LogP contribution in [0.15, 0.2) is 48.6 Å². The predicted molar refractivity (Wildman–Crippen MR) is 65.5 cm³/mol. The molecule has 0 radical (unpaired) electrons. The summed E-state index contributed by atoms with van der Waals surface area (Å²) in [7, 11) is 0. The van der Waals surface area contributed by atoms with E-state index in [0.717, 1.165) is 11.1 Å². The summed E-state index contributed by atoms with van der Waals surface area (Å²) in [6.45, 7) is 7.75. The fraction of sp³-hybridized carbons (Fsp3) is 0.286. The molecule has 0 aliphatic carbocycles. The van der Waals surface area contributed by atoms with Gasteiger partial charge in [-0.3, -0.25) is 0 Å². The lowest BCUT2D eigenvalue weighted by Crippen LogP contribution is -2.14. The highest BCUT2D eigenvalue weighted by atomic mass is 16.3. The minimum Gasteiger partial charge on any atom is -0.388 e. The van der Waals surface area contributed by atoms with Crippen molar-refractivity contribution >= 4 is 6.08 Å². The smallest absolute Gasteiger partial charge is 0.0786 e. The van der Waals surface area contributed by atoms with Crippen molar-refractivity contribution in [2.75, 3.05) is 0 Å². The van der Waals surface area contributed by atoms with Gasteiger partial charge in [0.2, 0.25) is 0 Å². The first-order valence-corrected chi connectivity index (χ1v) is 5.18. The van der Waals surface area contributed by atoms with E-state index in [1.807, 2.05) is 56.3 Å². The van der Waals surface area contributed by atoms with Crippen LogP contribution in [0.5, 0.6) is 0 Å². The first-order chi connectivity index (χ1) is 7.11. The van der Waals surface area contributed by atoms with E-state index in [1.165, 1.54) is 0 Å². The number of hydrogen-bond acceptors (Lipinski definition) is 1. The Hall–Kier alpha value is -1.34. The number of benzene rings is 1. The van der Waals surface area contributed by atoms with Gasteiger partial charge < -0.3 is 5.11 Å². The minimum absolute atomic E-state index is 0.102. The molecule has 0 aromatic heterocycles. The third-order valence-corrected chi connectivity index (χ3v) is 2.58. The largest absolute Gasteiger partial charge is 0.388 e. The molecule has 1 aromatic carbocycles. The number of aliphatic hydroxyl groups is 1. The lowest BCUT2D eigenvalue weighted by atomic mass is 9.97. The van der Waals surface area contributed by atoms with Crippen LogP contribution in [0.3, 0.4) is 0 Å². The second-order valence-electron chi connectivity index (χ2n) is 3.90. The molecule has 2 atom stereocenters. The molecule has 0 bridgehead atoms. The van der Waals surface area contributed by atoms with Gasteiger partial charge in [0, 0.05) is 5.92 Å². The van der Waals surface area contributed by atoms with Crippen LogP contribution in [0.4, 0.5) is 0 Å². The summed E-state index contributed by atoms with van der Waals surface area (Å²) in [6, 6.07) is 9.95. The molecule has 1 rings (SSSR count). The molecule has 0 saturated heterocycles.